The van der Waals surface area contributed by atoms with E-state index in [9.17, 15) is 19.7 Å². The van der Waals surface area contributed by atoms with Gasteiger partial charge in [0.1, 0.15) is 6.42 Å². The molecule has 8 nitrogen and oxygen atoms in total. The normalized spacial score (nSPS) is 10.6. The van der Waals surface area contributed by atoms with E-state index in [2.05, 4.69) is 15.8 Å². The first-order valence-electron chi connectivity index (χ1n) is 7.58. The average molecular weight is 409 g/mol. The number of nitrogens with one attached hydrogen (secondary N) is 2. The molecule has 0 unspecified atom stereocenters. The fourth-order valence-corrected chi connectivity index (χ4v) is 2.34. The molecular weight excluding hydrogens is 395 g/mol. The lowest BCUT2D eigenvalue weighted by Gasteiger charge is -2.05. The van der Waals surface area contributed by atoms with Crippen LogP contribution >= 0.6 is 23.2 Å². The Labute approximate surface area is 164 Å². The predicted molar refractivity (Wildman–Crippen MR) is 103 cm³/mol. The second-order valence-electron chi connectivity index (χ2n) is 5.45. The number of nitro benzene ring substituents is 1. The molecule has 2 aromatic carbocycles. The lowest BCUT2D eigenvalue weighted by atomic mass is 10.1. The summed E-state index contributed by atoms with van der Waals surface area (Å²) in [5.74, 6) is -1.21. The van der Waals surface area contributed by atoms with Crippen LogP contribution in [0, 0.1) is 17.0 Å². The third-order valence-electron chi connectivity index (χ3n) is 3.36. The van der Waals surface area contributed by atoms with Crippen molar-refractivity contribution >= 4 is 52.6 Å². The Balaban J connectivity index is 1.89. The first-order valence-corrected chi connectivity index (χ1v) is 8.33. The van der Waals surface area contributed by atoms with Gasteiger partial charge >= 0.3 is 0 Å². The molecule has 0 spiro atoms. The maximum absolute atomic E-state index is 11.8. The zero-order valence-electron chi connectivity index (χ0n) is 14.0. The Kier molecular flexibility index (Phi) is 6.86. The van der Waals surface area contributed by atoms with Gasteiger partial charge < -0.3 is 5.32 Å². The highest BCUT2D eigenvalue weighted by atomic mass is 35.5. The number of hydrogen-bond donors (Lipinski definition) is 2. The van der Waals surface area contributed by atoms with Crippen LogP contribution in [0.2, 0.25) is 10.0 Å². The summed E-state index contributed by atoms with van der Waals surface area (Å²) in [5, 5.41) is 17.7. The third-order valence-corrected chi connectivity index (χ3v) is 4.10. The number of hydrazone groups is 1. The van der Waals surface area contributed by atoms with Crippen molar-refractivity contribution in [1.82, 2.24) is 5.43 Å². The minimum Gasteiger partial charge on any atom is -0.326 e. The van der Waals surface area contributed by atoms with Crippen LogP contribution in [0.25, 0.3) is 0 Å². The van der Waals surface area contributed by atoms with Crippen molar-refractivity contribution in [3.05, 3.63) is 67.7 Å². The maximum Gasteiger partial charge on any atom is 0.272 e. The second-order valence-corrected chi connectivity index (χ2v) is 6.26. The maximum atomic E-state index is 11.8. The number of benzene rings is 2. The summed E-state index contributed by atoms with van der Waals surface area (Å²) in [4.78, 5) is 34.0. The summed E-state index contributed by atoms with van der Waals surface area (Å²) in [7, 11) is 0. The molecule has 27 heavy (non-hydrogen) atoms. The molecule has 0 aliphatic heterocycles. The highest BCUT2D eigenvalue weighted by Gasteiger charge is 2.11. The minimum atomic E-state index is -0.648. The molecule has 2 rings (SSSR count). The molecular formula is C17H14Cl2N4O4. The Morgan fingerprint density at radius 3 is 2.56 bits per heavy atom. The first kappa shape index (κ1) is 20.3. The average Bonchev–Trinajstić information content (AvgIpc) is 2.59. The molecule has 0 aliphatic carbocycles. The van der Waals surface area contributed by atoms with Gasteiger partial charge in [0, 0.05) is 22.9 Å². The molecule has 0 radical (unpaired) electrons. The number of nitro groups is 1. The van der Waals surface area contributed by atoms with Gasteiger partial charge in [0.15, 0.2) is 0 Å². The van der Waals surface area contributed by atoms with E-state index < -0.39 is 23.2 Å². The van der Waals surface area contributed by atoms with E-state index in [0.29, 0.717) is 21.8 Å². The van der Waals surface area contributed by atoms with Gasteiger partial charge in [-0.15, -0.1) is 0 Å². The van der Waals surface area contributed by atoms with Crippen LogP contribution in [-0.4, -0.2) is 23.0 Å². The summed E-state index contributed by atoms with van der Waals surface area (Å²) in [6, 6.07) is 9.06. The van der Waals surface area contributed by atoms with Gasteiger partial charge in [-0.25, -0.2) is 5.43 Å². The van der Waals surface area contributed by atoms with Gasteiger partial charge in [-0.2, -0.15) is 5.10 Å². The van der Waals surface area contributed by atoms with Crippen molar-refractivity contribution in [2.75, 3.05) is 5.32 Å². The molecule has 0 bridgehead atoms. The van der Waals surface area contributed by atoms with E-state index >= 15 is 0 Å². The molecule has 0 saturated heterocycles. The van der Waals surface area contributed by atoms with Crippen LogP contribution < -0.4 is 10.7 Å². The number of hydrogen-bond acceptors (Lipinski definition) is 5. The van der Waals surface area contributed by atoms with E-state index in [1.54, 1.807) is 25.1 Å². The number of anilines is 1. The molecule has 0 saturated carbocycles. The predicted octanol–water partition coefficient (Wildman–Crippen LogP) is 3.69. The fraction of sp³-hybridized carbons (Fsp3) is 0.118. The third kappa shape index (κ3) is 6.05. The van der Waals surface area contributed by atoms with Crippen LogP contribution in [0.1, 0.15) is 17.5 Å². The van der Waals surface area contributed by atoms with Crippen molar-refractivity contribution in [2.24, 2.45) is 5.10 Å². The number of nitrogens with zero attached hydrogens (tertiary/aromatic N) is 2. The van der Waals surface area contributed by atoms with Gasteiger partial charge in [-0.3, -0.25) is 19.7 Å². The van der Waals surface area contributed by atoms with Gasteiger partial charge in [-0.1, -0.05) is 35.3 Å². The molecule has 2 amide bonds. The molecule has 2 N–H and O–H groups in total. The summed E-state index contributed by atoms with van der Waals surface area (Å²) >= 11 is 11.6. The summed E-state index contributed by atoms with van der Waals surface area (Å²) in [5.41, 5.74) is 3.49. The number of rotatable bonds is 6. The van der Waals surface area contributed by atoms with E-state index in [1.165, 1.54) is 24.4 Å². The number of halogens is 2. The topological polar surface area (TPSA) is 114 Å². The van der Waals surface area contributed by atoms with Crippen LogP contribution in [0.15, 0.2) is 41.5 Å². The van der Waals surface area contributed by atoms with E-state index in [-0.39, 0.29) is 10.7 Å². The van der Waals surface area contributed by atoms with Gasteiger partial charge in [0.05, 0.1) is 21.2 Å². The van der Waals surface area contributed by atoms with Gasteiger partial charge in [0.2, 0.25) is 11.8 Å². The lowest BCUT2D eigenvalue weighted by molar-refractivity contribution is -0.385. The quantitative estimate of drug-likeness (QED) is 0.328. The van der Waals surface area contributed by atoms with Gasteiger partial charge in [0.25, 0.3) is 5.69 Å². The van der Waals surface area contributed by atoms with E-state index in [1.807, 2.05) is 0 Å². The second kappa shape index (κ2) is 9.11. The van der Waals surface area contributed by atoms with Crippen LogP contribution in [-0.2, 0) is 9.59 Å². The molecule has 0 atom stereocenters. The molecule has 2 aromatic rings. The van der Waals surface area contributed by atoms with Crippen molar-refractivity contribution < 1.29 is 14.5 Å². The number of amides is 2. The highest BCUT2D eigenvalue weighted by Crippen LogP contribution is 2.25. The SMILES string of the molecule is Cc1ccc(C=NNC(=O)CC(=O)Nc2ccc(Cl)c(Cl)c2)cc1[N+](=O)[O-]. The smallest absolute Gasteiger partial charge is 0.272 e. The van der Waals surface area contributed by atoms with E-state index in [4.69, 9.17) is 23.2 Å². The van der Waals surface area contributed by atoms with Crippen molar-refractivity contribution in [2.45, 2.75) is 13.3 Å². The van der Waals surface area contributed by atoms with Crippen molar-refractivity contribution in [3.63, 3.8) is 0 Å². The van der Waals surface area contributed by atoms with Crippen LogP contribution in [0.3, 0.4) is 0 Å². The largest absolute Gasteiger partial charge is 0.326 e. The van der Waals surface area contributed by atoms with Gasteiger partial charge in [-0.05, 0) is 25.1 Å². The molecule has 10 heteroatoms. The van der Waals surface area contributed by atoms with Crippen molar-refractivity contribution in [1.29, 1.82) is 0 Å². The molecule has 0 heterocycles. The fourth-order valence-electron chi connectivity index (χ4n) is 2.05. The Morgan fingerprint density at radius 1 is 1.15 bits per heavy atom. The van der Waals surface area contributed by atoms with E-state index in [0.717, 1.165) is 0 Å². The zero-order chi connectivity index (χ0) is 20.0. The molecule has 0 fully saturated rings. The summed E-state index contributed by atoms with van der Waals surface area (Å²) < 4.78 is 0. The molecule has 140 valence electrons. The number of carbonyl (C=O) groups excluding carboxylic acids is 2. The molecule has 0 aliphatic rings. The van der Waals surface area contributed by atoms with Crippen molar-refractivity contribution in [3.8, 4) is 0 Å². The highest BCUT2D eigenvalue weighted by molar-refractivity contribution is 6.42. The first-order chi connectivity index (χ1) is 12.8. The summed E-state index contributed by atoms with van der Waals surface area (Å²) in [6.45, 7) is 1.62. The zero-order valence-corrected chi connectivity index (χ0v) is 15.5. The number of aryl methyl sites for hydroxylation is 1. The Hall–Kier alpha value is -2.97. The van der Waals surface area contributed by atoms with Crippen LogP contribution in [0.5, 0.6) is 0 Å². The van der Waals surface area contributed by atoms with Crippen LogP contribution in [0.4, 0.5) is 11.4 Å². The summed E-state index contributed by atoms with van der Waals surface area (Å²) in [6.07, 6.45) is 0.785. The standard InChI is InChI=1S/C17H14Cl2N4O4/c1-10-2-3-11(6-15(10)23(26)27)9-20-22-17(25)8-16(24)21-12-4-5-13(18)14(19)7-12/h2-7,9H,8H2,1H3,(H,21,24)(H,22,25). The Bertz CT molecular complexity index is 931. The monoisotopic (exact) mass is 408 g/mol. The molecule has 0 aromatic heterocycles. The Morgan fingerprint density at radius 2 is 1.89 bits per heavy atom. The minimum absolute atomic E-state index is 0.0497. The lowest BCUT2D eigenvalue weighted by Crippen LogP contribution is -2.24. The number of carbonyl (C=O) groups is 2.